The van der Waals surface area contributed by atoms with Crippen molar-refractivity contribution < 1.29 is 0 Å². The molecule has 0 aliphatic heterocycles. The fraction of sp³-hybridized carbons (Fsp3) is 0.800. The average molecular weight is 415 g/mol. The monoisotopic (exact) mass is 414 g/mol. The summed E-state index contributed by atoms with van der Waals surface area (Å²) in [7, 11) is 0. The first-order valence-corrected chi connectivity index (χ1v) is 12.9. The van der Waals surface area contributed by atoms with Crippen molar-refractivity contribution in [3.05, 3.63) is 33.4 Å². The molecule has 0 heteroatoms. The van der Waals surface area contributed by atoms with E-state index in [1.807, 2.05) is 0 Å². The van der Waals surface area contributed by atoms with Gasteiger partial charge in [-0.3, -0.25) is 0 Å². The van der Waals surface area contributed by atoms with Gasteiger partial charge in [0, 0.05) is 0 Å². The molecule has 0 N–H and O–H groups in total. The molecule has 30 heavy (non-hydrogen) atoms. The number of unbranched alkanes of at least 4 members (excludes halogenated alkanes) is 3. The molecular weight excluding hydrogens is 360 g/mol. The first-order chi connectivity index (χ1) is 13.7. The zero-order valence-corrected chi connectivity index (χ0v) is 22.9. The molecule has 0 aliphatic carbocycles. The maximum atomic E-state index is 2.46. The molecule has 0 bridgehead atoms. The molecule has 0 nitrogen and oxygen atoms in total. The van der Waals surface area contributed by atoms with Gasteiger partial charge in [-0.15, -0.1) is 0 Å². The molecule has 174 valence electrons. The van der Waals surface area contributed by atoms with Gasteiger partial charge < -0.3 is 0 Å². The number of rotatable bonds is 9. The predicted molar refractivity (Wildman–Crippen MR) is 138 cm³/mol. The minimum absolute atomic E-state index is 0.176. The second-order valence-corrected chi connectivity index (χ2v) is 12.6. The molecule has 0 aliphatic rings. The maximum Gasteiger partial charge on any atom is -0.0126 e. The molecule has 1 rings (SSSR count). The van der Waals surface area contributed by atoms with Crippen molar-refractivity contribution >= 4 is 0 Å². The van der Waals surface area contributed by atoms with Gasteiger partial charge >= 0.3 is 0 Å². The first kappa shape index (κ1) is 27.3. The van der Waals surface area contributed by atoms with Crippen LogP contribution in [0.1, 0.15) is 155 Å². The highest BCUT2D eigenvalue weighted by molar-refractivity contribution is 5.59. The van der Waals surface area contributed by atoms with E-state index in [2.05, 4.69) is 83.1 Å². The Labute approximate surface area is 190 Å². The molecule has 0 amide bonds. The molecule has 1 aromatic carbocycles. The molecule has 0 aromatic heterocycles. The average Bonchev–Trinajstić information content (AvgIpc) is 2.58. The maximum absolute atomic E-state index is 2.46. The van der Waals surface area contributed by atoms with Gasteiger partial charge in [-0.2, -0.15) is 0 Å². The topological polar surface area (TPSA) is 0 Å². The molecule has 0 heterocycles. The van der Waals surface area contributed by atoms with E-state index in [9.17, 15) is 0 Å². The van der Waals surface area contributed by atoms with E-state index in [1.165, 1.54) is 57.8 Å². The van der Waals surface area contributed by atoms with Crippen LogP contribution in [0.2, 0.25) is 0 Å². The Morgan fingerprint density at radius 1 is 0.400 bits per heavy atom. The van der Waals surface area contributed by atoms with Crippen LogP contribution < -0.4 is 0 Å². The van der Waals surface area contributed by atoms with Crippen LogP contribution >= 0.6 is 0 Å². The van der Waals surface area contributed by atoms with Crippen molar-refractivity contribution in [3.63, 3.8) is 0 Å². The summed E-state index contributed by atoms with van der Waals surface area (Å²) < 4.78 is 0. The lowest BCUT2D eigenvalue weighted by Gasteiger charge is -2.40. The van der Waals surface area contributed by atoms with Crippen LogP contribution in [0.3, 0.4) is 0 Å². The Hall–Kier alpha value is -0.780. The van der Waals surface area contributed by atoms with Crippen molar-refractivity contribution in [1.82, 2.24) is 0 Å². The van der Waals surface area contributed by atoms with Crippen LogP contribution in [0, 0.1) is 0 Å². The third kappa shape index (κ3) is 6.61. The van der Waals surface area contributed by atoms with Crippen molar-refractivity contribution in [2.75, 3.05) is 0 Å². The number of benzene rings is 1. The van der Waals surface area contributed by atoms with Crippen LogP contribution in [0.4, 0.5) is 0 Å². The molecular formula is C30H54. The van der Waals surface area contributed by atoms with Crippen LogP contribution in [0.5, 0.6) is 0 Å². The van der Waals surface area contributed by atoms with Crippen LogP contribution in [-0.4, -0.2) is 0 Å². The summed E-state index contributed by atoms with van der Waals surface area (Å²) in [6.07, 6.45) is 11.4. The van der Waals surface area contributed by atoms with Gasteiger partial charge in [-0.1, -0.05) is 102 Å². The number of hydrogen-bond acceptors (Lipinski definition) is 0. The fourth-order valence-electron chi connectivity index (χ4n) is 5.45. The quantitative estimate of drug-likeness (QED) is 0.377. The third-order valence-electron chi connectivity index (χ3n) is 6.40. The van der Waals surface area contributed by atoms with E-state index < -0.39 is 0 Å². The predicted octanol–water partition coefficient (Wildman–Crippen LogP) is 9.61. The van der Waals surface area contributed by atoms with E-state index in [4.69, 9.17) is 0 Å². The Morgan fingerprint density at radius 3 is 0.733 bits per heavy atom. The summed E-state index contributed by atoms with van der Waals surface area (Å²) in [5.74, 6) is 0. The summed E-state index contributed by atoms with van der Waals surface area (Å²) in [5, 5.41) is 0. The smallest absolute Gasteiger partial charge is 0.0126 e. The highest BCUT2D eigenvalue weighted by atomic mass is 14.4. The minimum Gasteiger partial charge on any atom is -0.0654 e. The van der Waals surface area contributed by atoms with Gasteiger partial charge in [0.25, 0.3) is 0 Å². The molecule has 0 unspecified atom stereocenters. The summed E-state index contributed by atoms with van der Waals surface area (Å²) >= 11 is 0. The molecule has 0 saturated heterocycles. The lowest BCUT2D eigenvalue weighted by molar-refractivity contribution is 0.511. The summed E-state index contributed by atoms with van der Waals surface area (Å²) in [6, 6.07) is 0. The third-order valence-corrected chi connectivity index (χ3v) is 6.40. The molecule has 0 atom stereocenters. The van der Waals surface area contributed by atoms with Crippen LogP contribution in [0.15, 0.2) is 0 Å². The van der Waals surface area contributed by atoms with Crippen molar-refractivity contribution in [2.24, 2.45) is 0 Å². The molecule has 0 fully saturated rings. The Balaban J connectivity index is 4.25. The summed E-state index contributed by atoms with van der Waals surface area (Å²) in [6.45, 7) is 29.1. The SMILES string of the molecule is CCCCc1c(C(C)(C)C)c(CCCC)c(C(C)(C)C)c(CCCC)c1C(C)(C)C. The zero-order valence-electron chi connectivity index (χ0n) is 22.9. The Bertz CT molecular complexity index is 552. The van der Waals surface area contributed by atoms with E-state index >= 15 is 0 Å². The number of hydrogen-bond donors (Lipinski definition) is 0. The van der Waals surface area contributed by atoms with E-state index in [-0.39, 0.29) is 16.2 Å². The van der Waals surface area contributed by atoms with E-state index in [0.717, 1.165) is 0 Å². The molecule has 0 radical (unpaired) electrons. The molecule has 1 aromatic rings. The Morgan fingerprint density at radius 2 is 0.600 bits per heavy atom. The standard InChI is InChI=1S/C30H54/c1-13-16-19-22-25(28(4,5)6)23(20-17-14-2)27(30(10,11)12)24(21-18-15-3)26(22)29(7,8)9/h13-21H2,1-12H3. The van der Waals surface area contributed by atoms with Gasteiger partial charge in [0.15, 0.2) is 0 Å². The van der Waals surface area contributed by atoms with Crippen molar-refractivity contribution in [1.29, 1.82) is 0 Å². The fourth-order valence-corrected chi connectivity index (χ4v) is 5.45. The lowest BCUT2D eigenvalue weighted by Crippen LogP contribution is -2.30. The van der Waals surface area contributed by atoms with Crippen molar-refractivity contribution in [3.8, 4) is 0 Å². The van der Waals surface area contributed by atoms with Gasteiger partial charge in [-0.25, -0.2) is 0 Å². The van der Waals surface area contributed by atoms with Gasteiger partial charge in [0.2, 0.25) is 0 Å². The van der Waals surface area contributed by atoms with Crippen LogP contribution in [-0.2, 0) is 35.5 Å². The highest BCUT2D eigenvalue weighted by Crippen LogP contribution is 2.46. The van der Waals surface area contributed by atoms with E-state index in [0.29, 0.717) is 0 Å². The zero-order chi connectivity index (χ0) is 23.3. The van der Waals surface area contributed by atoms with Gasteiger partial charge in [-0.05, 0) is 88.2 Å². The Kier molecular flexibility index (Phi) is 9.71. The van der Waals surface area contributed by atoms with Gasteiger partial charge in [0.1, 0.15) is 0 Å². The lowest BCUT2D eigenvalue weighted by atomic mass is 9.64. The summed E-state index contributed by atoms with van der Waals surface area (Å²) in [5.41, 5.74) is 10.7. The highest BCUT2D eigenvalue weighted by Gasteiger charge is 2.35. The van der Waals surface area contributed by atoms with Gasteiger partial charge in [0.05, 0.1) is 0 Å². The molecule has 0 saturated carbocycles. The largest absolute Gasteiger partial charge is 0.0654 e. The second kappa shape index (κ2) is 10.7. The minimum atomic E-state index is 0.176. The first-order valence-electron chi connectivity index (χ1n) is 12.9. The second-order valence-electron chi connectivity index (χ2n) is 12.6. The summed E-state index contributed by atoms with van der Waals surface area (Å²) in [4.78, 5) is 0. The van der Waals surface area contributed by atoms with E-state index in [1.54, 1.807) is 33.4 Å². The van der Waals surface area contributed by atoms with Crippen LogP contribution in [0.25, 0.3) is 0 Å². The normalized spacial score (nSPS) is 13.2. The molecule has 0 spiro atoms. The van der Waals surface area contributed by atoms with Crippen molar-refractivity contribution in [2.45, 2.75) is 157 Å².